The quantitative estimate of drug-likeness (QED) is 0.597. The van der Waals surface area contributed by atoms with Gasteiger partial charge in [-0.1, -0.05) is 6.07 Å². The number of pyridine rings is 1. The Morgan fingerprint density at radius 1 is 1.13 bits per heavy atom. The van der Waals surface area contributed by atoms with Gasteiger partial charge in [0.2, 0.25) is 0 Å². The van der Waals surface area contributed by atoms with E-state index in [0.29, 0.717) is 23.7 Å². The summed E-state index contributed by atoms with van der Waals surface area (Å²) in [6, 6.07) is 11.0. The molecule has 1 aliphatic heterocycles. The minimum Gasteiger partial charge on any atom is -0.497 e. The molecule has 6 nitrogen and oxygen atoms in total. The molecule has 3 aromatic rings. The Kier molecular flexibility index (Phi) is 6.42. The van der Waals surface area contributed by atoms with Crippen molar-refractivity contribution in [3.05, 3.63) is 65.9 Å². The van der Waals surface area contributed by atoms with Gasteiger partial charge < -0.3 is 9.64 Å². The number of anilines is 1. The van der Waals surface area contributed by atoms with Gasteiger partial charge in [-0.25, -0.2) is 14.4 Å². The van der Waals surface area contributed by atoms with Crippen LogP contribution in [0.15, 0.2) is 48.8 Å². The fraction of sp³-hybridized carbons (Fsp3) is 0.375. The van der Waals surface area contributed by atoms with Crippen LogP contribution in [0.3, 0.4) is 0 Å². The molecule has 4 rings (SSSR count). The van der Waals surface area contributed by atoms with Crippen molar-refractivity contribution >= 4 is 5.82 Å². The molecule has 0 radical (unpaired) electrons. The summed E-state index contributed by atoms with van der Waals surface area (Å²) in [5.74, 6) is 2.19. The summed E-state index contributed by atoms with van der Waals surface area (Å²) in [5.41, 5.74) is 2.67. The second-order valence-electron chi connectivity index (χ2n) is 8.14. The summed E-state index contributed by atoms with van der Waals surface area (Å²) in [6.07, 6.45) is 5.62. The van der Waals surface area contributed by atoms with Crippen molar-refractivity contribution < 1.29 is 9.13 Å². The molecule has 2 aromatic heterocycles. The molecule has 0 bridgehead atoms. The first kappa shape index (κ1) is 21.2. The number of halogens is 1. The van der Waals surface area contributed by atoms with Crippen molar-refractivity contribution in [1.82, 2.24) is 19.9 Å². The number of methoxy groups -OCH3 is 1. The number of ether oxygens (including phenoxy) is 1. The Morgan fingerprint density at radius 2 is 1.94 bits per heavy atom. The van der Waals surface area contributed by atoms with Crippen LogP contribution in [-0.4, -0.2) is 54.1 Å². The van der Waals surface area contributed by atoms with E-state index in [9.17, 15) is 4.39 Å². The van der Waals surface area contributed by atoms with E-state index in [0.717, 1.165) is 43.0 Å². The van der Waals surface area contributed by atoms with Crippen LogP contribution in [0.5, 0.6) is 5.75 Å². The van der Waals surface area contributed by atoms with Crippen molar-refractivity contribution in [3.8, 4) is 17.1 Å². The molecule has 0 unspecified atom stereocenters. The second kappa shape index (κ2) is 9.39. The number of piperidine rings is 1. The van der Waals surface area contributed by atoms with Crippen molar-refractivity contribution in [2.45, 2.75) is 25.3 Å². The third-order valence-electron chi connectivity index (χ3n) is 5.71. The van der Waals surface area contributed by atoms with Gasteiger partial charge in [0.15, 0.2) is 5.82 Å². The number of benzene rings is 1. The molecule has 0 aliphatic carbocycles. The van der Waals surface area contributed by atoms with Gasteiger partial charge >= 0.3 is 0 Å². The van der Waals surface area contributed by atoms with E-state index in [1.165, 1.54) is 6.07 Å². The zero-order valence-corrected chi connectivity index (χ0v) is 18.3. The number of hydrogen-bond donors (Lipinski definition) is 0. The Bertz CT molecular complexity index is 1030. The van der Waals surface area contributed by atoms with E-state index in [1.807, 2.05) is 43.3 Å². The van der Waals surface area contributed by atoms with Gasteiger partial charge in [-0.15, -0.1) is 0 Å². The maximum Gasteiger partial charge on any atom is 0.161 e. The van der Waals surface area contributed by atoms with Crippen LogP contribution in [0, 0.1) is 5.82 Å². The highest BCUT2D eigenvalue weighted by Gasteiger charge is 2.25. The fourth-order valence-corrected chi connectivity index (χ4v) is 3.99. The predicted octanol–water partition coefficient (Wildman–Crippen LogP) is 4.13. The van der Waals surface area contributed by atoms with Gasteiger partial charge in [0, 0.05) is 68.8 Å². The lowest BCUT2D eigenvalue weighted by atomic mass is 9.93. The molecule has 0 saturated carbocycles. The van der Waals surface area contributed by atoms with Gasteiger partial charge in [0.1, 0.15) is 17.4 Å². The van der Waals surface area contributed by atoms with Gasteiger partial charge in [-0.2, -0.15) is 0 Å². The predicted molar refractivity (Wildman–Crippen MR) is 120 cm³/mol. The topological polar surface area (TPSA) is 54.4 Å². The zero-order valence-electron chi connectivity index (χ0n) is 18.3. The molecule has 0 spiro atoms. The Hall–Kier alpha value is -3.06. The fourth-order valence-electron chi connectivity index (χ4n) is 3.99. The Morgan fingerprint density at radius 3 is 2.65 bits per heavy atom. The lowest BCUT2D eigenvalue weighted by Gasteiger charge is -2.33. The van der Waals surface area contributed by atoms with Gasteiger partial charge in [-0.05, 0) is 37.6 Å². The first-order valence-electron chi connectivity index (χ1n) is 10.5. The monoisotopic (exact) mass is 421 g/mol. The molecular formula is C24H28FN5O. The van der Waals surface area contributed by atoms with E-state index < -0.39 is 0 Å². The highest BCUT2D eigenvalue weighted by Crippen LogP contribution is 2.30. The van der Waals surface area contributed by atoms with Crippen LogP contribution in [0.25, 0.3) is 11.4 Å². The smallest absolute Gasteiger partial charge is 0.161 e. The molecule has 7 heteroatoms. The molecule has 31 heavy (non-hydrogen) atoms. The van der Waals surface area contributed by atoms with E-state index in [2.05, 4.69) is 16.0 Å². The standard InChI is InChI=1S/C24H28FN5O/c1-29(2)23-14-22(27-24(28-23)17-8-10-26-11-9-17)19-5-4-12-30(16-19)15-18-6-7-20(31-3)13-21(18)25/h6-11,13-14,19H,4-5,12,15-16H2,1-3H3/t19-/m1/s1. The third-order valence-corrected chi connectivity index (χ3v) is 5.71. The maximum absolute atomic E-state index is 14.5. The van der Waals surface area contributed by atoms with Crippen molar-refractivity contribution in [2.75, 3.05) is 39.2 Å². The molecule has 3 heterocycles. The van der Waals surface area contributed by atoms with Crippen LogP contribution in [0.1, 0.15) is 30.0 Å². The number of hydrogen-bond acceptors (Lipinski definition) is 6. The Labute approximate surface area is 182 Å². The summed E-state index contributed by atoms with van der Waals surface area (Å²) in [6.45, 7) is 2.37. The van der Waals surface area contributed by atoms with Gasteiger partial charge in [0.25, 0.3) is 0 Å². The maximum atomic E-state index is 14.5. The normalized spacial score (nSPS) is 16.8. The minimum absolute atomic E-state index is 0.224. The Balaban J connectivity index is 1.57. The third kappa shape index (κ3) is 4.99. The average Bonchev–Trinajstić information content (AvgIpc) is 2.81. The van der Waals surface area contributed by atoms with Crippen LogP contribution >= 0.6 is 0 Å². The molecule has 1 aliphatic rings. The van der Waals surface area contributed by atoms with E-state index in [4.69, 9.17) is 14.7 Å². The van der Waals surface area contributed by atoms with Crippen molar-refractivity contribution in [3.63, 3.8) is 0 Å². The lowest BCUT2D eigenvalue weighted by molar-refractivity contribution is 0.196. The molecule has 1 aromatic carbocycles. The van der Waals surface area contributed by atoms with Crippen LogP contribution < -0.4 is 9.64 Å². The zero-order chi connectivity index (χ0) is 21.8. The van der Waals surface area contributed by atoms with Crippen molar-refractivity contribution in [1.29, 1.82) is 0 Å². The summed E-state index contributed by atoms with van der Waals surface area (Å²) in [5, 5.41) is 0. The van der Waals surface area contributed by atoms with E-state index >= 15 is 0 Å². The first-order valence-corrected chi connectivity index (χ1v) is 10.5. The number of likely N-dealkylation sites (tertiary alicyclic amines) is 1. The van der Waals surface area contributed by atoms with Crippen LogP contribution in [0.4, 0.5) is 10.2 Å². The van der Waals surface area contributed by atoms with E-state index in [-0.39, 0.29) is 11.7 Å². The highest BCUT2D eigenvalue weighted by atomic mass is 19.1. The molecule has 162 valence electrons. The SMILES string of the molecule is COc1ccc(CN2CCC[C@@H](c3cc(N(C)C)nc(-c4ccncc4)n3)C2)c(F)c1. The number of rotatable bonds is 6. The summed E-state index contributed by atoms with van der Waals surface area (Å²) >= 11 is 0. The van der Waals surface area contributed by atoms with Crippen LogP contribution in [-0.2, 0) is 6.54 Å². The van der Waals surface area contributed by atoms with Crippen LogP contribution in [0.2, 0.25) is 0 Å². The summed E-state index contributed by atoms with van der Waals surface area (Å²) in [7, 11) is 5.53. The molecule has 1 fully saturated rings. The lowest BCUT2D eigenvalue weighted by Crippen LogP contribution is -2.34. The average molecular weight is 422 g/mol. The van der Waals surface area contributed by atoms with Gasteiger partial charge in [0.05, 0.1) is 12.8 Å². The second-order valence-corrected chi connectivity index (χ2v) is 8.14. The molecule has 0 amide bonds. The number of aromatic nitrogens is 3. The number of nitrogens with zero attached hydrogens (tertiary/aromatic N) is 5. The highest BCUT2D eigenvalue weighted by molar-refractivity contribution is 5.57. The first-order chi connectivity index (χ1) is 15.0. The summed E-state index contributed by atoms with van der Waals surface area (Å²) in [4.78, 5) is 18.0. The largest absolute Gasteiger partial charge is 0.497 e. The minimum atomic E-state index is -0.224. The summed E-state index contributed by atoms with van der Waals surface area (Å²) < 4.78 is 19.6. The molecule has 1 atom stereocenters. The van der Waals surface area contributed by atoms with Gasteiger partial charge in [-0.3, -0.25) is 9.88 Å². The van der Waals surface area contributed by atoms with Crippen molar-refractivity contribution in [2.24, 2.45) is 0 Å². The van der Waals surface area contributed by atoms with E-state index in [1.54, 1.807) is 19.5 Å². The molecule has 1 saturated heterocycles. The molecule has 0 N–H and O–H groups in total. The molecular weight excluding hydrogens is 393 g/mol.